The molecule has 0 aliphatic heterocycles. The Morgan fingerprint density at radius 1 is 1.40 bits per heavy atom. The minimum atomic E-state index is 0.485. The molecule has 2 N–H and O–H groups in total. The molecular formula is C8H17NS. The van der Waals surface area contributed by atoms with Gasteiger partial charge in [-0.2, -0.15) is 11.8 Å². The van der Waals surface area contributed by atoms with Gasteiger partial charge in [-0.15, -0.1) is 0 Å². The second kappa shape index (κ2) is 4.24. The van der Waals surface area contributed by atoms with Gasteiger partial charge in [-0.05, 0) is 18.6 Å². The van der Waals surface area contributed by atoms with Crippen LogP contribution in [0.5, 0.6) is 0 Å². The molecule has 1 aliphatic rings. The fourth-order valence-electron chi connectivity index (χ4n) is 1.55. The van der Waals surface area contributed by atoms with Gasteiger partial charge in [0, 0.05) is 11.3 Å². The van der Waals surface area contributed by atoms with Crippen molar-refractivity contribution in [2.75, 3.05) is 5.75 Å². The maximum atomic E-state index is 5.94. The van der Waals surface area contributed by atoms with E-state index in [0.717, 1.165) is 5.25 Å². The average Bonchev–Trinajstić information content (AvgIpc) is 1.94. The molecule has 0 amide bonds. The maximum absolute atomic E-state index is 5.94. The van der Waals surface area contributed by atoms with Crippen LogP contribution >= 0.6 is 11.8 Å². The molecule has 1 fully saturated rings. The quantitative estimate of drug-likeness (QED) is 0.667. The Morgan fingerprint density at radius 3 is 2.70 bits per heavy atom. The maximum Gasteiger partial charge on any atom is 0.0198 e. The van der Waals surface area contributed by atoms with Gasteiger partial charge in [0.1, 0.15) is 0 Å². The summed E-state index contributed by atoms with van der Waals surface area (Å²) in [6.07, 6.45) is 5.34. The van der Waals surface area contributed by atoms with Crippen LogP contribution in [-0.2, 0) is 0 Å². The van der Waals surface area contributed by atoms with Crippen molar-refractivity contribution >= 4 is 11.8 Å². The van der Waals surface area contributed by atoms with Crippen molar-refractivity contribution < 1.29 is 0 Å². The van der Waals surface area contributed by atoms with Crippen molar-refractivity contribution in [2.45, 2.75) is 43.9 Å². The highest BCUT2D eigenvalue weighted by molar-refractivity contribution is 7.99. The first-order valence-corrected chi connectivity index (χ1v) is 5.26. The number of hydrogen-bond acceptors (Lipinski definition) is 2. The molecule has 0 spiro atoms. The van der Waals surface area contributed by atoms with Gasteiger partial charge in [-0.25, -0.2) is 0 Å². The van der Waals surface area contributed by atoms with Crippen LogP contribution in [0.2, 0.25) is 0 Å². The highest BCUT2D eigenvalue weighted by atomic mass is 32.2. The lowest BCUT2D eigenvalue weighted by Crippen LogP contribution is -2.35. The lowest BCUT2D eigenvalue weighted by molar-refractivity contribution is 0.453. The molecule has 0 aromatic heterocycles. The predicted molar refractivity (Wildman–Crippen MR) is 48.4 cm³/mol. The number of thioether (sulfide) groups is 1. The van der Waals surface area contributed by atoms with Crippen LogP contribution in [0.25, 0.3) is 0 Å². The Bertz CT molecular complexity index is 93.3. The second-order valence-corrected chi connectivity index (χ2v) is 4.46. The molecule has 1 nitrogen and oxygen atoms in total. The van der Waals surface area contributed by atoms with E-state index in [1.54, 1.807) is 0 Å². The van der Waals surface area contributed by atoms with Gasteiger partial charge in [0.25, 0.3) is 0 Å². The largest absolute Gasteiger partial charge is 0.327 e. The van der Waals surface area contributed by atoms with E-state index in [9.17, 15) is 0 Å². The van der Waals surface area contributed by atoms with E-state index in [1.807, 2.05) is 11.8 Å². The Balaban J connectivity index is 2.25. The Labute approximate surface area is 67.8 Å². The summed E-state index contributed by atoms with van der Waals surface area (Å²) < 4.78 is 0. The highest BCUT2D eigenvalue weighted by Gasteiger charge is 2.20. The predicted octanol–water partition coefficient (Wildman–Crippen LogP) is 2.01. The van der Waals surface area contributed by atoms with Crippen molar-refractivity contribution in [3.63, 3.8) is 0 Å². The first-order chi connectivity index (χ1) is 4.84. The summed E-state index contributed by atoms with van der Waals surface area (Å²) in [5.41, 5.74) is 5.94. The van der Waals surface area contributed by atoms with Gasteiger partial charge < -0.3 is 5.73 Å². The zero-order valence-corrected chi connectivity index (χ0v) is 7.49. The monoisotopic (exact) mass is 159 g/mol. The molecule has 0 unspecified atom stereocenters. The summed E-state index contributed by atoms with van der Waals surface area (Å²) >= 11 is 2.04. The Hall–Kier alpha value is 0.310. The van der Waals surface area contributed by atoms with E-state index < -0.39 is 0 Å². The zero-order valence-electron chi connectivity index (χ0n) is 6.68. The lowest BCUT2D eigenvalue weighted by atomic mass is 9.96. The third kappa shape index (κ3) is 2.17. The third-order valence-electron chi connectivity index (χ3n) is 2.13. The van der Waals surface area contributed by atoms with Crippen LogP contribution in [-0.4, -0.2) is 17.0 Å². The number of hydrogen-bond donors (Lipinski definition) is 1. The van der Waals surface area contributed by atoms with Crippen molar-refractivity contribution in [3.05, 3.63) is 0 Å². The summed E-state index contributed by atoms with van der Waals surface area (Å²) in [6.45, 7) is 2.21. The van der Waals surface area contributed by atoms with E-state index in [1.165, 1.54) is 31.4 Å². The molecule has 1 aliphatic carbocycles. The van der Waals surface area contributed by atoms with Gasteiger partial charge in [0.05, 0.1) is 0 Å². The standard InChI is InChI=1S/C8H17NS/c1-2-10-8-6-4-3-5-7(8)9/h7-8H,2-6,9H2,1H3/t7-,8-/m1/s1. The molecule has 60 valence electrons. The molecule has 0 aromatic carbocycles. The van der Waals surface area contributed by atoms with Gasteiger partial charge >= 0.3 is 0 Å². The minimum Gasteiger partial charge on any atom is -0.327 e. The van der Waals surface area contributed by atoms with E-state index in [0.29, 0.717) is 6.04 Å². The fourth-order valence-corrected chi connectivity index (χ4v) is 2.69. The molecule has 1 rings (SSSR count). The van der Waals surface area contributed by atoms with Crippen LogP contribution in [0.1, 0.15) is 32.6 Å². The third-order valence-corrected chi connectivity index (χ3v) is 3.48. The molecule has 10 heavy (non-hydrogen) atoms. The molecule has 1 saturated carbocycles. The molecule has 0 aromatic rings. The molecule has 2 atom stereocenters. The van der Waals surface area contributed by atoms with Gasteiger partial charge in [-0.3, -0.25) is 0 Å². The average molecular weight is 159 g/mol. The van der Waals surface area contributed by atoms with Crippen LogP contribution in [0.4, 0.5) is 0 Å². The van der Waals surface area contributed by atoms with Gasteiger partial charge in [0.2, 0.25) is 0 Å². The molecule has 0 saturated heterocycles. The summed E-state index contributed by atoms with van der Waals surface area (Å²) in [6, 6.07) is 0.485. The van der Waals surface area contributed by atoms with Crippen molar-refractivity contribution in [1.29, 1.82) is 0 Å². The van der Waals surface area contributed by atoms with Crippen LogP contribution in [0.15, 0.2) is 0 Å². The fraction of sp³-hybridized carbons (Fsp3) is 1.00. The SMILES string of the molecule is CCS[C@@H]1CCCC[C@H]1N. The molecule has 0 radical (unpaired) electrons. The van der Waals surface area contributed by atoms with Crippen LogP contribution in [0.3, 0.4) is 0 Å². The van der Waals surface area contributed by atoms with Gasteiger partial charge in [-0.1, -0.05) is 19.8 Å². The second-order valence-electron chi connectivity index (χ2n) is 2.94. The summed E-state index contributed by atoms with van der Waals surface area (Å²) in [5, 5.41) is 0.763. The summed E-state index contributed by atoms with van der Waals surface area (Å²) in [7, 11) is 0. The lowest BCUT2D eigenvalue weighted by Gasteiger charge is -2.27. The Morgan fingerprint density at radius 2 is 2.10 bits per heavy atom. The summed E-state index contributed by atoms with van der Waals surface area (Å²) in [5.74, 6) is 1.22. The van der Waals surface area contributed by atoms with Crippen LogP contribution in [0, 0.1) is 0 Å². The van der Waals surface area contributed by atoms with E-state index in [-0.39, 0.29) is 0 Å². The normalized spacial score (nSPS) is 34.2. The van der Waals surface area contributed by atoms with Gasteiger partial charge in [0.15, 0.2) is 0 Å². The molecular weight excluding hydrogens is 142 g/mol. The minimum absolute atomic E-state index is 0.485. The van der Waals surface area contributed by atoms with Crippen molar-refractivity contribution in [1.82, 2.24) is 0 Å². The summed E-state index contributed by atoms with van der Waals surface area (Å²) in [4.78, 5) is 0. The first kappa shape index (κ1) is 8.41. The van der Waals surface area contributed by atoms with Crippen molar-refractivity contribution in [2.24, 2.45) is 5.73 Å². The zero-order chi connectivity index (χ0) is 7.40. The van der Waals surface area contributed by atoms with E-state index in [2.05, 4.69) is 6.92 Å². The molecule has 0 bridgehead atoms. The Kier molecular flexibility index (Phi) is 3.57. The van der Waals surface area contributed by atoms with Crippen molar-refractivity contribution in [3.8, 4) is 0 Å². The van der Waals surface area contributed by atoms with Crippen LogP contribution < -0.4 is 5.73 Å². The smallest absolute Gasteiger partial charge is 0.0198 e. The van der Waals surface area contributed by atoms with E-state index >= 15 is 0 Å². The van der Waals surface area contributed by atoms with E-state index in [4.69, 9.17) is 5.73 Å². The highest BCUT2D eigenvalue weighted by Crippen LogP contribution is 2.26. The molecule has 0 heterocycles. The molecule has 2 heteroatoms. The first-order valence-electron chi connectivity index (χ1n) is 4.21. The topological polar surface area (TPSA) is 26.0 Å². The number of nitrogens with two attached hydrogens (primary N) is 1. The number of rotatable bonds is 2.